The van der Waals surface area contributed by atoms with Crippen molar-refractivity contribution in [3.8, 4) is 11.5 Å². The summed E-state index contributed by atoms with van der Waals surface area (Å²) in [5.74, 6) is 1.08. The molecule has 0 aromatic heterocycles. The molecule has 8 nitrogen and oxygen atoms in total. The number of carbonyl (C=O) groups is 3. The second kappa shape index (κ2) is 15.2. The Hall–Kier alpha value is -4.17. The van der Waals surface area contributed by atoms with E-state index in [-0.39, 0.29) is 23.8 Å². The first-order valence-corrected chi connectivity index (χ1v) is 14.7. The van der Waals surface area contributed by atoms with Crippen molar-refractivity contribution in [2.45, 2.75) is 57.7 Å². The van der Waals surface area contributed by atoms with Crippen LogP contribution in [0.25, 0.3) is 0 Å². The third-order valence-electron chi connectivity index (χ3n) is 7.83. The Morgan fingerprint density at radius 3 is 2.21 bits per heavy atom. The van der Waals surface area contributed by atoms with Crippen molar-refractivity contribution < 1.29 is 19.1 Å². The number of likely N-dealkylation sites (tertiary alicyclic amines) is 1. The number of hydrogen-bond acceptors (Lipinski definition) is 5. The van der Waals surface area contributed by atoms with Crippen LogP contribution in [-0.4, -0.2) is 72.3 Å². The Morgan fingerprint density at radius 2 is 1.57 bits per heavy atom. The van der Waals surface area contributed by atoms with E-state index in [1.807, 2.05) is 82.6 Å². The van der Waals surface area contributed by atoms with Crippen LogP contribution < -0.4 is 15.4 Å². The van der Waals surface area contributed by atoms with E-state index >= 15 is 0 Å². The van der Waals surface area contributed by atoms with Gasteiger partial charge in [-0.3, -0.25) is 14.4 Å². The molecule has 42 heavy (non-hydrogen) atoms. The zero-order valence-electron chi connectivity index (χ0n) is 24.8. The Balaban J connectivity index is 1.45. The molecule has 0 radical (unpaired) electrons. The standard InChI is InChI=1S/C34H42N4O4/c1-25(35-3)33(40)36-32(23-28-16-18-31(19-17-28)42-30-14-8-5-9-15-30)34(41)38-21-10-13-29(38)24-37(26(2)39)22-20-27-11-6-4-7-12-27/h4-9,11-12,14-19,25,29,32,35H,10,13,20-24H2,1-3H3,(H,36,40)/t25-,29-,32-/m0/s1. The lowest BCUT2D eigenvalue weighted by Gasteiger charge is -2.33. The summed E-state index contributed by atoms with van der Waals surface area (Å²) in [7, 11) is 1.72. The van der Waals surface area contributed by atoms with Crippen molar-refractivity contribution in [3.05, 3.63) is 96.1 Å². The fraction of sp³-hybridized carbons (Fsp3) is 0.382. The first-order chi connectivity index (χ1) is 20.3. The van der Waals surface area contributed by atoms with Crippen molar-refractivity contribution in [2.75, 3.05) is 26.7 Å². The van der Waals surface area contributed by atoms with E-state index in [0.29, 0.717) is 31.8 Å². The van der Waals surface area contributed by atoms with E-state index in [0.717, 1.165) is 30.6 Å². The van der Waals surface area contributed by atoms with Gasteiger partial charge in [-0.1, -0.05) is 60.7 Å². The molecular formula is C34H42N4O4. The molecular weight excluding hydrogens is 528 g/mol. The second-order valence-electron chi connectivity index (χ2n) is 10.9. The number of carbonyl (C=O) groups excluding carboxylic acids is 3. The van der Waals surface area contributed by atoms with E-state index in [2.05, 4.69) is 22.8 Å². The van der Waals surface area contributed by atoms with E-state index < -0.39 is 12.1 Å². The molecule has 2 N–H and O–H groups in total. The summed E-state index contributed by atoms with van der Waals surface area (Å²) in [4.78, 5) is 43.2. The van der Waals surface area contributed by atoms with Crippen molar-refractivity contribution in [3.63, 3.8) is 0 Å². The molecule has 3 aromatic rings. The average Bonchev–Trinajstić information content (AvgIpc) is 3.48. The highest BCUT2D eigenvalue weighted by atomic mass is 16.5. The fourth-order valence-corrected chi connectivity index (χ4v) is 5.24. The molecule has 1 aliphatic rings. The number of rotatable bonds is 13. The molecule has 0 unspecified atom stereocenters. The molecule has 1 heterocycles. The minimum Gasteiger partial charge on any atom is -0.457 e. The summed E-state index contributed by atoms with van der Waals surface area (Å²) < 4.78 is 5.91. The highest BCUT2D eigenvalue weighted by molar-refractivity contribution is 5.90. The molecule has 0 saturated carbocycles. The lowest BCUT2D eigenvalue weighted by atomic mass is 10.0. The van der Waals surface area contributed by atoms with Crippen LogP contribution >= 0.6 is 0 Å². The largest absolute Gasteiger partial charge is 0.457 e. The van der Waals surface area contributed by atoms with Crippen LogP contribution in [0, 0.1) is 0 Å². The summed E-state index contributed by atoms with van der Waals surface area (Å²) in [6, 6.07) is 26.0. The summed E-state index contributed by atoms with van der Waals surface area (Å²) >= 11 is 0. The van der Waals surface area contributed by atoms with Gasteiger partial charge in [0, 0.05) is 39.0 Å². The number of benzene rings is 3. The van der Waals surface area contributed by atoms with Crippen molar-refractivity contribution in [2.24, 2.45) is 0 Å². The molecule has 8 heteroatoms. The van der Waals surface area contributed by atoms with Gasteiger partial charge in [0.05, 0.1) is 6.04 Å². The molecule has 222 valence electrons. The highest BCUT2D eigenvalue weighted by Crippen LogP contribution is 2.24. The van der Waals surface area contributed by atoms with E-state index in [1.54, 1.807) is 20.9 Å². The third kappa shape index (κ3) is 8.66. The van der Waals surface area contributed by atoms with E-state index in [4.69, 9.17) is 4.74 Å². The second-order valence-corrected chi connectivity index (χ2v) is 10.9. The number of likely N-dealkylation sites (N-methyl/N-ethyl adjacent to an activating group) is 1. The Morgan fingerprint density at radius 1 is 0.929 bits per heavy atom. The van der Waals surface area contributed by atoms with Crippen LogP contribution in [0.4, 0.5) is 0 Å². The number of nitrogens with zero attached hydrogens (tertiary/aromatic N) is 2. The highest BCUT2D eigenvalue weighted by Gasteiger charge is 2.35. The van der Waals surface area contributed by atoms with Crippen LogP contribution in [0.1, 0.15) is 37.8 Å². The van der Waals surface area contributed by atoms with Gasteiger partial charge in [0.2, 0.25) is 17.7 Å². The fourth-order valence-electron chi connectivity index (χ4n) is 5.24. The minimum atomic E-state index is -0.732. The quantitative estimate of drug-likeness (QED) is 0.322. The zero-order valence-corrected chi connectivity index (χ0v) is 24.8. The van der Waals surface area contributed by atoms with Crippen LogP contribution in [0.2, 0.25) is 0 Å². The smallest absolute Gasteiger partial charge is 0.245 e. The summed E-state index contributed by atoms with van der Waals surface area (Å²) in [6.45, 7) is 5.02. The molecule has 3 aromatic carbocycles. The molecule has 4 rings (SSSR count). The van der Waals surface area contributed by atoms with Gasteiger partial charge in [0.1, 0.15) is 17.5 Å². The monoisotopic (exact) mass is 570 g/mol. The number of ether oxygens (including phenoxy) is 1. The Kier molecular flexibility index (Phi) is 11.1. The minimum absolute atomic E-state index is 0.00395. The zero-order chi connectivity index (χ0) is 29.9. The summed E-state index contributed by atoms with van der Waals surface area (Å²) in [5.41, 5.74) is 2.08. The van der Waals surface area contributed by atoms with Gasteiger partial charge in [-0.05, 0) is 68.6 Å². The third-order valence-corrected chi connectivity index (χ3v) is 7.83. The summed E-state index contributed by atoms with van der Waals surface area (Å²) in [6.07, 6.45) is 2.78. The predicted molar refractivity (Wildman–Crippen MR) is 164 cm³/mol. The molecule has 0 aliphatic carbocycles. The average molecular weight is 571 g/mol. The maximum atomic E-state index is 14.0. The van der Waals surface area contributed by atoms with Gasteiger partial charge >= 0.3 is 0 Å². The van der Waals surface area contributed by atoms with Crippen molar-refractivity contribution in [1.29, 1.82) is 0 Å². The van der Waals surface area contributed by atoms with E-state index in [9.17, 15) is 14.4 Å². The Bertz CT molecular complexity index is 1300. The molecule has 1 aliphatic heterocycles. The van der Waals surface area contributed by atoms with Gasteiger partial charge in [-0.15, -0.1) is 0 Å². The molecule has 1 fully saturated rings. The number of para-hydroxylation sites is 1. The van der Waals surface area contributed by atoms with Crippen LogP contribution in [0.15, 0.2) is 84.9 Å². The maximum absolute atomic E-state index is 14.0. The molecule has 0 spiro atoms. The van der Waals surface area contributed by atoms with Gasteiger partial charge < -0.3 is 25.2 Å². The van der Waals surface area contributed by atoms with Crippen LogP contribution in [0.5, 0.6) is 11.5 Å². The van der Waals surface area contributed by atoms with Crippen molar-refractivity contribution >= 4 is 17.7 Å². The van der Waals surface area contributed by atoms with Crippen molar-refractivity contribution in [1.82, 2.24) is 20.4 Å². The molecule has 3 atom stereocenters. The number of hydrogen-bond donors (Lipinski definition) is 2. The van der Waals surface area contributed by atoms with Gasteiger partial charge in [0.25, 0.3) is 0 Å². The van der Waals surface area contributed by atoms with Crippen LogP contribution in [-0.2, 0) is 27.2 Å². The molecule has 3 amide bonds. The van der Waals surface area contributed by atoms with E-state index in [1.165, 1.54) is 5.56 Å². The Labute approximate surface area is 249 Å². The SMILES string of the molecule is CN[C@@H](C)C(=O)N[C@@H](Cc1ccc(Oc2ccccc2)cc1)C(=O)N1CCC[C@H]1CN(CCc1ccccc1)C(C)=O. The van der Waals surface area contributed by atoms with Gasteiger partial charge in [-0.25, -0.2) is 0 Å². The predicted octanol–water partition coefficient (Wildman–Crippen LogP) is 4.20. The molecule has 0 bridgehead atoms. The molecule has 1 saturated heterocycles. The lowest BCUT2D eigenvalue weighted by Crippen LogP contribution is -2.55. The van der Waals surface area contributed by atoms with Gasteiger partial charge in [0.15, 0.2) is 0 Å². The first-order valence-electron chi connectivity index (χ1n) is 14.7. The topological polar surface area (TPSA) is 91.0 Å². The normalized spacial score (nSPS) is 16.0. The maximum Gasteiger partial charge on any atom is 0.245 e. The summed E-state index contributed by atoms with van der Waals surface area (Å²) in [5, 5.41) is 5.94. The number of nitrogens with one attached hydrogen (secondary N) is 2. The van der Waals surface area contributed by atoms with Crippen LogP contribution in [0.3, 0.4) is 0 Å². The first kappa shape index (κ1) is 30.8. The lowest BCUT2D eigenvalue weighted by molar-refractivity contribution is -0.139. The number of amides is 3. The van der Waals surface area contributed by atoms with Gasteiger partial charge in [-0.2, -0.15) is 0 Å².